The van der Waals surface area contributed by atoms with Gasteiger partial charge in [-0.25, -0.2) is 0 Å². The average Bonchev–Trinajstić information content (AvgIpc) is 2.57. The first kappa shape index (κ1) is 13.2. The minimum atomic E-state index is -0.141. The molecule has 0 fully saturated rings. The first-order chi connectivity index (χ1) is 8.64. The van der Waals surface area contributed by atoms with E-state index in [-0.39, 0.29) is 5.54 Å². The summed E-state index contributed by atoms with van der Waals surface area (Å²) in [6, 6.07) is 6.00. The van der Waals surface area contributed by atoms with Gasteiger partial charge >= 0.3 is 0 Å². The zero-order chi connectivity index (χ0) is 13.2. The van der Waals surface area contributed by atoms with Crippen LogP contribution in [0.4, 0.5) is 0 Å². The fourth-order valence-electron chi connectivity index (χ4n) is 2.67. The number of rotatable bonds is 3. The Morgan fingerprint density at radius 2 is 2.22 bits per heavy atom. The van der Waals surface area contributed by atoms with E-state index in [4.69, 9.17) is 15.2 Å². The lowest BCUT2D eigenvalue weighted by atomic mass is 9.84. The van der Waals surface area contributed by atoms with Crippen LogP contribution in [-0.4, -0.2) is 39.3 Å². The molecule has 4 nitrogen and oxygen atoms in total. The van der Waals surface area contributed by atoms with E-state index >= 15 is 0 Å². The molecule has 0 amide bonds. The summed E-state index contributed by atoms with van der Waals surface area (Å²) in [6.07, 6.45) is 2.02. The Morgan fingerprint density at radius 1 is 1.44 bits per heavy atom. The Balaban J connectivity index is 2.53. The van der Waals surface area contributed by atoms with Gasteiger partial charge in [0.05, 0.1) is 19.3 Å². The van der Waals surface area contributed by atoms with E-state index in [1.54, 1.807) is 7.11 Å². The summed E-state index contributed by atoms with van der Waals surface area (Å²) in [5.74, 6) is 1.71. The van der Waals surface area contributed by atoms with Crippen LogP contribution in [0.1, 0.15) is 18.4 Å². The standard InChI is InChI=1S/C14H22N2O2/c1-16(2)14(10-15)7-4-8-18-13-9-11(17-3)5-6-12(13)14/h5-6,9H,4,7-8,10,15H2,1-3H3. The lowest BCUT2D eigenvalue weighted by Crippen LogP contribution is -2.47. The number of likely N-dealkylation sites (N-methyl/N-ethyl adjacent to an activating group) is 1. The van der Waals surface area contributed by atoms with Gasteiger partial charge in [0.2, 0.25) is 0 Å². The highest BCUT2D eigenvalue weighted by molar-refractivity contribution is 5.45. The molecule has 1 aliphatic rings. The van der Waals surface area contributed by atoms with Crippen LogP contribution >= 0.6 is 0 Å². The van der Waals surface area contributed by atoms with Crippen LogP contribution in [0.15, 0.2) is 18.2 Å². The molecule has 1 atom stereocenters. The summed E-state index contributed by atoms with van der Waals surface area (Å²) >= 11 is 0. The highest BCUT2D eigenvalue weighted by Crippen LogP contribution is 2.40. The van der Waals surface area contributed by atoms with Crippen molar-refractivity contribution in [3.8, 4) is 11.5 Å². The minimum Gasteiger partial charge on any atom is -0.497 e. The van der Waals surface area contributed by atoms with Crippen molar-refractivity contribution in [2.75, 3.05) is 34.4 Å². The summed E-state index contributed by atoms with van der Waals surface area (Å²) in [6.45, 7) is 1.32. The topological polar surface area (TPSA) is 47.7 Å². The van der Waals surface area contributed by atoms with Crippen LogP contribution in [0.25, 0.3) is 0 Å². The molecular formula is C14H22N2O2. The smallest absolute Gasteiger partial charge is 0.128 e. The molecule has 1 unspecified atom stereocenters. The van der Waals surface area contributed by atoms with Crippen molar-refractivity contribution in [1.29, 1.82) is 0 Å². The third-order valence-corrected chi connectivity index (χ3v) is 3.88. The Hall–Kier alpha value is -1.26. The summed E-state index contributed by atoms with van der Waals surface area (Å²) in [5, 5.41) is 0. The lowest BCUT2D eigenvalue weighted by Gasteiger charge is -2.39. The Kier molecular flexibility index (Phi) is 3.78. The summed E-state index contributed by atoms with van der Waals surface area (Å²) < 4.78 is 11.1. The van der Waals surface area contributed by atoms with Gasteiger partial charge in [-0.15, -0.1) is 0 Å². The molecule has 0 saturated heterocycles. The number of hydrogen-bond donors (Lipinski definition) is 1. The second kappa shape index (κ2) is 5.16. The minimum absolute atomic E-state index is 0.141. The van der Waals surface area contributed by atoms with Crippen molar-refractivity contribution in [3.63, 3.8) is 0 Å². The van der Waals surface area contributed by atoms with Gasteiger partial charge in [-0.2, -0.15) is 0 Å². The number of methoxy groups -OCH3 is 1. The molecule has 1 aromatic carbocycles. The van der Waals surface area contributed by atoms with Gasteiger partial charge in [-0.1, -0.05) is 0 Å². The maximum atomic E-state index is 6.07. The lowest BCUT2D eigenvalue weighted by molar-refractivity contribution is 0.147. The predicted molar refractivity (Wildman–Crippen MR) is 72.1 cm³/mol. The quantitative estimate of drug-likeness (QED) is 0.885. The maximum Gasteiger partial charge on any atom is 0.128 e. The number of fused-ring (bicyclic) bond motifs is 1. The molecule has 100 valence electrons. The molecule has 0 bridgehead atoms. The van der Waals surface area contributed by atoms with Crippen LogP contribution in [0.5, 0.6) is 11.5 Å². The van der Waals surface area contributed by atoms with Crippen molar-refractivity contribution >= 4 is 0 Å². The van der Waals surface area contributed by atoms with E-state index in [9.17, 15) is 0 Å². The van der Waals surface area contributed by atoms with Crippen molar-refractivity contribution in [3.05, 3.63) is 23.8 Å². The Bertz CT molecular complexity index is 420. The largest absolute Gasteiger partial charge is 0.497 e. The Labute approximate surface area is 109 Å². The molecule has 0 aliphatic carbocycles. The second-order valence-corrected chi connectivity index (χ2v) is 4.94. The number of hydrogen-bond acceptors (Lipinski definition) is 4. The Morgan fingerprint density at radius 3 is 2.83 bits per heavy atom. The SMILES string of the molecule is COc1ccc2c(c1)OCCCC2(CN)N(C)C. The van der Waals surface area contributed by atoms with Gasteiger partial charge in [-0.05, 0) is 39.1 Å². The number of benzene rings is 1. The van der Waals surface area contributed by atoms with E-state index in [2.05, 4.69) is 25.1 Å². The van der Waals surface area contributed by atoms with E-state index in [0.717, 1.165) is 36.5 Å². The molecule has 1 aliphatic heterocycles. The molecule has 2 rings (SSSR count). The molecule has 0 spiro atoms. The monoisotopic (exact) mass is 250 g/mol. The molecule has 1 aromatic rings. The van der Waals surface area contributed by atoms with E-state index in [1.165, 1.54) is 0 Å². The van der Waals surface area contributed by atoms with Gasteiger partial charge in [-0.3, -0.25) is 4.90 Å². The summed E-state index contributed by atoms with van der Waals surface area (Å²) in [5.41, 5.74) is 7.09. The number of nitrogens with two attached hydrogens (primary N) is 1. The van der Waals surface area contributed by atoms with Gasteiger partial charge < -0.3 is 15.2 Å². The van der Waals surface area contributed by atoms with Gasteiger partial charge in [0.25, 0.3) is 0 Å². The third-order valence-electron chi connectivity index (χ3n) is 3.88. The highest BCUT2D eigenvalue weighted by atomic mass is 16.5. The fraction of sp³-hybridized carbons (Fsp3) is 0.571. The molecule has 18 heavy (non-hydrogen) atoms. The predicted octanol–water partition coefficient (Wildman–Crippen LogP) is 1.58. The molecule has 0 saturated carbocycles. The van der Waals surface area contributed by atoms with Crippen molar-refractivity contribution < 1.29 is 9.47 Å². The van der Waals surface area contributed by atoms with Gasteiger partial charge in [0.15, 0.2) is 0 Å². The van der Waals surface area contributed by atoms with Crippen molar-refractivity contribution in [1.82, 2.24) is 4.90 Å². The third kappa shape index (κ3) is 2.06. The first-order valence-corrected chi connectivity index (χ1v) is 6.33. The molecule has 1 heterocycles. The highest BCUT2D eigenvalue weighted by Gasteiger charge is 2.37. The number of nitrogens with zero attached hydrogens (tertiary/aromatic N) is 1. The van der Waals surface area contributed by atoms with Crippen LogP contribution in [0.3, 0.4) is 0 Å². The summed E-state index contributed by atoms with van der Waals surface area (Å²) in [7, 11) is 5.82. The average molecular weight is 250 g/mol. The van der Waals surface area contributed by atoms with Gasteiger partial charge in [0, 0.05) is 18.2 Å². The van der Waals surface area contributed by atoms with Crippen LogP contribution in [-0.2, 0) is 5.54 Å². The maximum absolute atomic E-state index is 6.07. The van der Waals surface area contributed by atoms with E-state index < -0.39 is 0 Å². The molecule has 2 N–H and O–H groups in total. The van der Waals surface area contributed by atoms with Crippen molar-refractivity contribution in [2.45, 2.75) is 18.4 Å². The molecular weight excluding hydrogens is 228 g/mol. The zero-order valence-electron chi connectivity index (χ0n) is 11.4. The molecule has 0 aromatic heterocycles. The molecule has 0 radical (unpaired) electrons. The number of ether oxygens (including phenoxy) is 2. The zero-order valence-corrected chi connectivity index (χ0v) is 11.4. The van der Waals surface area contributed by atoms with Crippen LogP contribution in [0, 0.1) is 0 Å². The summed E-state index contributed by atoms with van der Waals surface area (Å²) in [4.78, 5) is 2.20. The van der Waals surface area contributed by atoms with Crippen molar-refractivity contribution in [2.24, 2.45) is 5.73 Å². The van der Waals surface area contributed by atoms with Crippen LogP contribution in [0.2, 0.25) is 0 Å². The van der Waals surface area contributed by atoms with E-state index in [0.29, 0.717) is 6.54 Å². The van der Waals surface area contributed by atoms with E-state index in [1.807, 2.05) is 12.1 Å². The molecule has 4 heteroatoms. The first-order valence-electron chi connectivity index (χ1n) is 6.33. The van der Waals surface area contributed by atoms with Gasteiger partial charge in [0.1, 0.15) is 11.5 Å². The fourth-order valence-corrected chi connectivity index (χ4v) is 2.67. The normalized spacial score (nSPS) is 23.2. The second-order valence-electron chi connectivity index (χ2n) is 4.94. The van der Waals surface area contributed by atoms with Crippen LogP contribution < -0.4 is 15.2 Å².